The van der Waals surface area contributed by atoms with E-state index in [4.69, 9.17) is 4.74 Å². The van der Waals surface area contributed by atoms with E-state index in [9.17, 15) is 31.8 Å². The van der Waals surface area contributed by atoms with E-state index in [2.05, 4.69) is 0 Å². The second-order valence-corrected chi connectivity index (χ2v) is 15.5. The number of ether oxygens (including phenoxy) is 1. The van der Waals surface area contributed by atoms with Gasteiger partial charge in [0, 0.05) is 19.1 Å². The van der Waals surface area contributed by atoms with Gasteiger partial charge in [-0.2, -0.15) is 4.31 Å². The minimum atomic E-state index is -4.09. The van der Waals surface area contributed by atoms with Crippen molar-refractivity contribution in [2.75, 3.05) is 26.0 Å². The smallest absolute Gasteiger partial charge is 0.243 e. The third-order valence-corrected chi connectivity index (χ3v) is 11.8. The number of rotatable bonds is 13. The van der Waals surface area contributed by atoms with Crippen molar-refractivity contribution >= 4 is 26.0 Å². The second-order valence-electron chi connectivity index (χ2n) is 11.3. The van der Waals surface area contributed by atoms with Gasteiger partial charge in [-0.3, -0.25) is 0 Å². The van der Waals surface area contributed by atoms with E-state index in [0.717, 1.165) is 9.21 Å². The van der Waals surface area contributed by atoms with Crippen molar-refractivity contribution in [3.05, 3.63) is 60.2 Å². The summed E-state index contributed by atoms with van der Waals surface area (Å²) >= 11 is 0. The Kier molecular flexibility index (Phi) is 10.8. The van der Waals surface area contributed by atoms with E-state index >= 15 is 0 Å². The van der Waals surface area contributed by atoms with Crippen LogP contribution in [0.3, 0.4) is 0 Å². The lowest BCUT2D eigenvalue weighted by Crippen LogP contribution is -2.61. The highest BCUT2D eigenvalue weighted by molar-refractivity contribution is 7.92. The Balaban J connectivity index is 2.05. The van der Waals surface area contributed by atoms with Gasteiger partial charge in [-0.1, -0.05) is 58.0 Å². The van der Waals surface area contributed by atoms with Crippen molar-refractivity contribution in [1.29, 1.82) is 0 Å². The molecule has 0 radical (unpaired) electrons. The number of hydrogen-bond donors (Lipinski definition) is 1. The fourth-order valence-corrected chi connectivity index (χ4v) is 9.72. The van der Waals surface area contributed by atoms with Crippen LogP contribution in [0.5, 0.6) is 5.75 Å². The average Bonchev–Trinajstić information content (AvgIpc) is 3.22. The van der Waals surface area contributed by atoms with E-state index in [-0.39, 0.29) is 41.9 Å². The SMILES string of the molecule is COc1ccc(S(=O)(=O)N(CC(C)C)C[C@@H](O)[C@H](Cc2ccccc2)N(C(=O)[O-])[C@@H]2CCS(=O)(=O)[C@@H]2C(C)C)cc1. The van der Waals surface area contributed by atoms with Gasteiger partial charge >= 0.3 is 0 Å². The van der Waals surface area contributed by atoms with E-state index in [1.807, 2.05) is 13.8 Å². The summed E-state index contributed by atoms with van der Waals surface area (Å²) in [4.78, 5) is 13.7. The molecule has 1 fully saturated rings. The number of benzene rings is 2. The van der Waals surface area contributed by atoms with Crippen LogP contribution >= 0.6 is 0 Å². The molecular formula is C29H41N2O8S2-. The molecule has 0 bridgehead atoms. The molecule has 1 amide bonds. The normalized spacial score (nSPS) is 20.3. The van der Waals surface area contributed by atoms with Gasteiger partial charge in [0.05, 0.1) is 35.2 Å². The molecule has 0 spiro atoms. The first-order valence-electron chi connectivity index (χ1n) is 13.8. The summed E-state index contributed by atoms with van der Waals surface area (Å²) in [6.45, 7) is 6.80. The quantitative estimate of drug-likeness (QED) is 0.364. The molecule has 1 saturated heterocycles. The highest BCUT2D eigenvalue weighted by atomic mass is 32.2. The molecule has 4 atom stereocenters. The number of methoxy groups -OCH3 is 1. The summed E-state index contributed by atoms with van der Waals surface area (Å²) in [6.07, 6.45) is -2.99. The molecule has 228 valence electrons. The Hall–Kier alpha value is -2.67. The number of aliphatic hydroxyl groups is 1. The molecule has 10 nitrogen and oxygen atoms in total. The molecule has 41 heavy (non-hydrogen) atoms. The number of carboxylic acid groups (broad SMARTS) is 1. The van der Waals surface area contributed by atoms with Crippen LogP contribution in [-0.2, 0) is 26.3 Å². The first kappa shape index (κ1) is 32.8. The van der Waals surface area contributed by atoms with Gasteiger partial charge in [0.15, 0.2) is 9.84 Å². The molecule has 1 heterocycles. The lowest BCUT2D eigenvalue weighted by Gasteiger charge is -2.44. The number of sulfonamides is 1. The van der Waals surface area contributed by atoms with Crippen molar-refractivity contribution in [2.45, 2.75) is 68.9 Å². The fraction of sp³-hybridized carbons (Fsp3) is 0.552. The zero-order valence-corrected chi connectivity index (χ0v) is 25.8. The van der Waals surface area contributed by atoms with Crippen molar-refractivity contribution < 1.29 is 36.6 Å². The number of nitrogens with zero attached hydrogens (tertiary/aromatic N) is 2. The number of hydrogen-bond acceptors (Lipinski definition) is 8. The van der Waals surface area contributed by atoms with Gasteiger partial charge in [-0.25, -0.2) is 16.8 Å². The molecule has 3 rings (SSSR count). The van der Waals surface area contributed by atoms with E-state index in [0.29, 0.717) is 11.3 Å². The summed E-state index contributed by atoms with van der Waals surface area (Å²) in [5.41, 5.74) is 0.707. The Labute approximate surface area is 243 Å². The van der Waals surface area contributed by atoms with Gasteiger partial charge in [0.1, 0.15) is 11.8 Å². The molecular weight excluding hydrogens is 568 g/mol. The molecule has 0 saturated carbocycles. The fourth-order valence-electron chi connectivity index (χ4n) is 5.68. The van der Waals surface area contributed by atoms with Crippen LogP contribution < -0.4 is 9.84 Å². The van der Waals surface area contributed by atoms with Gasteiger partial charge in [0.2, 0.25) is 10.0 Å². The minimum absolute atomic E-state index is 0.00396. The Bertz CT molecular complexity index is 1360. The molecule has 0 unspecified atom stereocenters. The highest BCUT2D eigenvalue weighted by Crippen LogP contribution is 2.33. The lowest BCUT2D eigenvalue weighted by atomic mass is 9.94. The third kappa shape index (κ3) is 7.79. The van der Waals surface area contributed by atoms with Crippen LogP contribution in [0, 0.1) is 11.8 Å². The van der Waals surface area contributed by atoms with Crippen LogP contribution in [-0.4, -0.2) is 86.6 Å². The van der Waals surface area contributed by atoms with Crippen LogP contribution in [0.25, 0.3) is 0 Å². The topological polar surface area (TPSA) is 144 Å². The van der Waals surface area contributed by atoms with Gasteiger partial charge < -0.3 is 24.6 Å². The van der Waals surface area contributed by atoms with Crippen LogP contribution in [0.2, 0.25) is 0 Å². The molecule has 1 aliphatic heterocycles. The van der Waals surface area contributed by atoms with Gasteiger partial charge in [-0.15, -0.1) is 0 Å². The maximum Gasteiger partial charge on any atom is 0.243 e. The maximum atomic E-state index is 13.7. The number of carbonyl (C=O) groups is 1. The Morgan fingerprint density at radius 3 is 2.17 bits per heavy atom. The third-order valence-electron chi connectivity index (χ3n) is 7.46. The first-order chi connectivity index (χ1) is 19.2. The summed E-state index contributed by atoms with van der Waals surface area (Å²) in [5, 5.41) is 23.4. The maximum absolute atomic E-state index is 13.7. The molecule has 1 aliphatic rings. The van der Waals surface area contributed by atoms with Gasteiger partial charge in [-0.05, 0) is 54.5 Å². The molecule has 2 aromatic carbocycles. The van der Waals surface area contributed by atoms with Crippen LogP contribution in [0.1, 0.15) is 39.7 Å². The van der Waals surface area contributed by atoms with Crippen molar-refractivity contribution in [2.24, 2.45) is 11.8 Å². The first-order valence-corrected chi connectivity index (χ1v) is 16.9. The summed E-state index contributed by atoms with van der Waals surface area (Å²) < 4.78 is 59.6. The predicted octanol–water partition coefficient (Wildman–Crippen LogP) is 2.17. The van der Waals surface area contributed by atoms with Crippen molar-refractivity contribution in [3.8, 4) is 5.75 Å². The number of sulfone groups is 1. The molecule has 12 heteroatoms. The predicted molar refractivity (Wildman–Crippen MR) is 155 cm³/mol. The summed E-state index contributed by atoms with van der Waals surface area (Å²) in [5.74, 6) is -0.177. The van der Waals surface area contributed by atoms with E-state index in [1.54, 1.807) is 44.2 Å². The minimum Gasteiger partial charge on any atom is -0.530 e. The largest absolute Gasteiger partial charge is 0.530 e. The van der Waals surface area contributed by atoms with Crippen LogP contribution in [0.15, 0.2) is 59.5 Å². The van der Waals surface area contributed by atoms with Gasteiger partial charge in [0.25, 0.3) is 0 Å². The standard InChI is InChI=1S/C29H42N2O8S2/c1-20(2)18-30(41(37,38)24-13-11-23(39-5)12-14-24)19-27(32)26(17-22-9-7-6-8-10-22)31(29(33)34)25-15-16-40(35,36)28(25)21(3)4/h6-14,20-21,25-28,32H,15-19H2,1-5H3,(H,33,34)/p-1/t25-,26+,27-,28-/m1/s1. The number of carbonyl (C=O) groups excluding carboxylic acids is 1. The average molecular weight is 610 g/mol. The Morgan fingerprint density at radius 2 is 1.66 bits per heavy atom. The summed E-state index contributed by atoms with van der Waals surface area (Å²) in [7, 11) is -6.20. The highest BCUT2D eigenvalue weighted by Gasteiger charge is 2.48. The molecule has 2 aromatic rings. The lowest BCUT2D eigenvalue weighted by molar-refractivity contribution is -0.272. The molecule has 0 aliphatic carbocycles. The zero-order chi connectivity index (χ0) is 30.5. The van der Waals surface area contributed by atoms with Crippen LogP contribution in [0.4, 0.5) is 4.79 Å². The second kappa shape index (κ2) is 13.5. The number of aliphatic hydroxyl groups excluding tert-OH is 1. The molecule has 1 N–H and O–H groups in total. The van der Waals surface area contributed by atoms with Crippen molar-refractivity contribution in [3.63, 3.8) is 0 Å². The number of amides is 1. The zero-order valence-electron chi connectivity index (χ0n) is 24.2. The van der Waals surface area contributed by atoms with E-state index in [1.165, 1.54) is 31.4 Å². The van der Waals surface area contributed by atoms with Crippen molar-refractivity contribution in [1.82, 2.24) is 9.21 Å². The monoisotopic (exact) mass is 609 g/mol. The van der Waals surface area contributed by atoms with E-state index < -0.39 is 55.9 Å². The Morgan fingerprint density at radius 1 is 1.05 bits per heavy atom. The summed E-state index contributed by atoms with van der Waals surface area (Å²) in [6, 6.07) is 12.7. The molecule has 0 aromatic heterocycles.